The zero-order chi connectivity index (χ0) is 10.1. The van der Waals surface area contributed by atoms with Crippen molar-refractivity contribution in [3.05, 3.63) is 46.8 Å². The van der Waals surface area contributed by atoms with Gasteiger partial charge < -0.3 is 0 Å². The number of hydrogen-bond acceptors (Lipinski definition) is 1. The maximum absolute atomic E-state index is 4.47. The van der Waals surface area contributed by atoms with Crippen LogP contribution >= 0.6 is 0 Å². The van der Waals surface area contributed by atoms with Gasteiger partial charge in [0.2, 0.25) is 0 Å². The minimum Gasteiger partial charge on any atom is -0.256 e. The molecule has 0 unspecified atom stereocenters. The van der Waals surface area contributed by atoms with Gasteiger partial charge in [-0.2, -0.15) is 0 Å². The fourth-order valence-corrected chi connectivity index (χ4v) is 1.71. The summed E-state index contributed by atoms with van der Waals surface area (Å²) in [5, 5.41) is 0. The standard InChI is InChI=1S/C13H15N/c1-9-5-4-6-12(9)13-7-10(2)11(3)8-14-13/h4-5,7-8H,6H2,1-3H3. The topological polar surface area (TPSA) is 12.9 Å². The first kappa shape index (κ1) is 9.20. The molecule has 0 saturated heterocycles. The van der Waals surface area contributed by atoms with Crippen LogP contribution in [0.3, 0.4) is 0 Å². The van der Waals surface area contributed by atoms with Crippen LogP contribution in [0.25, 0.3) is 5.57 Å². The summed E-state index contributed by atoms with van der Waals surface area (Å²) < 4.78 is 0. The Kier molecular flexibility index (Phi) is 2.24. The third-order valence-electron chi connectivity index (χ3n) is 2.85. The fourth-order valence-electron chi connectivity index (χ4n) is 1.71. The second kappa shape index (κ2) is 3.41. The van der Waals surface area contributed by atoms with Crippen molar-refractivity contribution in [2.45, 2.75) is 27.2 Å². The molecule has 0 radical (unpaired) electrons. The zero-order valence-corrected chi connectivity index (χ0v) is 8.96. The van der Waals surface area contributed by atoms with Gasteiger partial charge in [-0.1, -0.05) is 12.2 Å². The van der Waals surface area contributed by atoms with Crippen molar-refractivity contribution < 1.29 is 0 Å². The molecule has 72 valence electrons. The molecular weight excluding hydrogens is 170 g/mol. The van der Waals surface area contributed by atoms with Crippen LogP contribution in [0.15, 0.2) is 30.0 Å². The smallest absolute Gasteiger partial charge is 0.0670 e. The number of allylic oxidation sites excluding steroid dienone is 4. The van der Waals surface area contributed by atoms with Gasteiger partial charge in [0.25, 0.3) is 0 Å². The molecule has 0 N–H and O–H groups in total. The Labute approximate surface area is 85.2 Å². The normalized spacial score (nSPS) is 15.4. The fraction of sp³-hybridized carbons (Fsp3) is 0.308. The molecule has 0 atom stereocenters. The summed E-state index contributed by atoms with van der Waals surface area (Å²) in [6.45, 7) is 6.38. The van der Waals surface area contributed by atoms with Crippen molar-refractivity contribution in [1.29, 1.82) is 0 Å². The van der Waals surface area contributed by atoms with E-state index >= 15 is 0 Å². The molecule has 1 nitrogen and oxygen atoms in total. The SMILES string of the molecule is CC1=C(c2cc(C)c(C)cn2)CC=C1. The van der Waals surface area contributed by atoms with Gasteiger partial charge in [0.1, 0.15) is 0 Å². The Morgan fingerprint density at radius 2 is 1.93 bits per heavy atom. The lowest BCUT2D eigenvalue weighted by Crippen LogP contribution is -1.92. The van der Waals surface area contributed by atoms with Crippen LogP contribution in [0, 0.1) is 13.8 Å². The van der Waals surface area contributed by atoms with Gasteiger partial charge in [0, 0.05) is 6.20 Å². The van der Waals surface area contributed by atoms with E-state index in [2.05, 4.69) is 44.0 Å². The second-order valence-electron chi connectivity index (χ2n) is 3.92. The van der Waals surface area contributed by atoms with Crippen LogP contribution in [0.4, 0.5) is 0 Å². The van der Waals surface area contributed by atoms with Crippen LogP contribution in [-0.4, -0.2) is 4.98 Å². The van der Waals surface area contributed by atoms with E-state index in [1.54, 1.807) is 0 Å². The molecule has 0 aliphatic heterocycles. The summed E-state index contributed by atoms with van der Waals surface area (Å²) in [4.78, 5) is 4.47. The van der Waals surface area contributed by atoms with Crippen LogP contribution in [0.2, 0.25) is 0 Å². The van der Waals surface area contributed by atoms with Crippen molar-refractivity contribution in [2.24, 2.45) is 0 Å². The number of aryl methyl sites for hydroxylation is 2. The molecule has 1 aliphatic rings. The van der Waals surface area contributed by atoms with Crippen molar-refractivity contribution in [1.82, 2.24) is 4.98 Å². The van der Waals surface area contributed by atoms with Gasteiger partial charge in [0.15, 0.2) is 0 Å². The molecule has 1 aliphatic carbocycles. The molecule has 0 saturated carbocycles. The van der Waals surface area contributed by atoms with Crippen molar-refractivity contribution in [3.8, 4) is 0 Å². The first-order valence-corrected chi connectivity index (χ1v) is 4.98. The summed E-state index contributed by atoms with van der Waals surface area (Å²) >= 11 is 0. The summed E-state index contributed by atoms with van der Waals surface area (Å²) in [6.07, 6.45) is 7.36. The van der Waals surface area contributed by atoms with Crippen LogP contribution in [0.5, 0.6) is 0 Å². The summed E-state index contributed by atoms with van der Waals surface area (Å²) in [6, 6.07) is 2.18. The maximum atomic E-state index is 4.47. The van der Waals surface area contributed by atoms with E-state index in [1.165, 1.54) is 22.3 Å². The Hall–Kier alpha value is -1.37. The van der Waals surface area contributed by atoms with E-state index in [0.717, 1.165) is 12.1 Å². The van der Waals surface area contributed by atoms with E-state index in [9.17, 15) is 0 Å². The van der Waals surface area contributed by atoms with Gasteiger partial charge in [-0.15, -0.1) is 0 Å². The van der Waals surface area contributed by atoms with Crippen molar-refractivity contribution in [2.75, 3.05) is 0 Å². The van der Waals surface area contributed by atoms with Crippen molar-refractivity contribution in [3.63, 3.8) is 0 Å². The average molecular weight is 185 g/mol. The van der Waals surface area contributed by atoms with E-state index in [0.29, 0.717) is 0 Å². The number of hydrogen-bond donors (Lipinski definition) is 0. The predicted molar refractivity (Wildman–Crippen MR) is 60.1 cm³/mol. The molecule has 0 aromatic carbocycles. The summed E-state index contributed by atoms with van der Waals surface area (Å²) in [5.74, 6) is 0. The van der Waals surface area contributed by atoms with E-state index in [1.807, 2.05) is 6.20 Å². The molecule has 1 aromatic heterocycles. The molecule has 0 amide bonds. The number of pyridine rings is 1. The second-order valence-corrected chi connectivity index (χ2v) is 3.92. The molecule has 0 bridgehead atoms. The number of rotatable bonds is 1. The number of nitrogens with zero attached hydrogens (tertiary/aromatic N) is 1. The lowest BCUT2D eigenvalue weighted by molar-refractivity contribution is 1.17. The third kappa shape index (κ3) is 1.50. The van der Waals surface area contributed by atoms with Gasteiger partial charge in [-0.25, -0.2) is 0 Å². The zero-order valence-electron chi connectivity index (χ0n) is 8.96. The van der Waals surface area contributed by atoms with E-state index < -0.39 is 0 Å². The Morgan fingerprint density at radius 1 is 1.14 bits per heavy atom. The lowest BCUT2D eigenvalue weighted by Gasteiger charge is -2.06. The van der Waals surface area contributed by atoms with Gasteiger partial charge in [-0.05, 0) is 55.5 Å². The van der Waals surface area contributed by atoms with Gasteiger partial charge in [0.05, 0.1) is 5.69 Å². The Morgan fingerprint density at radius 3 is 2.50 bits per heavy atom. The molecular formula is C13H15N. The maximum Gasteiger partial charge on any atom is 0.0670 e. The Bertz CT molecular complexity index is 425. The minimum atomic E-state index is 1.03. The highest BCUT2D eigenvalue weighted by Gasteiger charge is 2.09. The average Bonchev–Trinajstić information content (AvgIpc) is 2.57. The first-order valence-electron chi connectivity index (χ1n) is 4.98. The molecule has 1 heterocycles. The predicted octanol–water partition coefficient (Wildman–Crippen LogP) is 3.43. The highest BCUT2D eigenvalue weighted by atomic mass is 14.7. The minimum absolute atomic E-state index is 1.03. The quantitative estimate of drug-likeness (QED) is 0.653. The van der Waals surface area contributed by atoms with Crippen LogP contribution in [0.1, 0.15) is 30.2 Å². The van der Waals surface area contributed by atoms with E-state index in [4.69, 9.17) is 0 Å². The highest BCUT2D eigenvalue weighted by Crippen LogP contribution is 2.27. The summed E-state index contributed by atoms with van der Waals surface area (Å²) in [5.41, 5.74) is 6.43. The Balaban J connectivity index is 2.44. The monoisotopic (exact) mass is 185 g/mol. The largest absolute Gasteiger partial charge is 0.256 e. The van der Waals surface area contributed by atoms with E-state index in [-0.39, 0.29) is 0 Å². The van der Waals surface area contributed by atoms with Crippen LogP contribution in [-0.2, 0) is 0 Å². The third-order valence-corrected chi connectivity index (χ3v) is 2.85. The van der Waals surface area contributed by atoms with Crippen molar-refractivity contribution >= 4 is 5.57 Å². The molecule has 0 fully saturated rings. The molecule has 2 rings (SSSR count). The summed E-state index contributed by atoms with van der Waals surface area (Å²) in [7, 11) is 0. The molecule has 14 heavy (non-hydrogen) atoms. The molecule has 0 spiro atoms. The van der Waals surface area contributed by atoms with Gasteiger partial charge in [-0.3, -0.25) is 4.98 Å². The van der Waals surface area contributed by atoms with Gasteiger partial charge >= 0.3 is 0 Å². The first-order chi connectivity index (χ1) is 6.68. The molecule has 1 heteroatoms. The molecule has 1 aromatic rings. The van der Waals surface area contributed by atoms with Crippen LogP contribution < -0.4 is 0 Å². The lowest BCUT2D eigenvalue weighted by atomic mass is 10.0. The number of aromatic nitrogens is 1. The highest BCUT2D eigenvalue weighted by molar-refractivity contribution is 5.72.